The van der Waals surface area contributed by atoms with E-state index in [4.69, 9.17) is 10.5 Å². The van der Waals surface area contributed by atoms with Gasteiger partial charge in [0.1, 0.15) is 23.7 Å². The number of likely N-dealkylation sites (N-methyl/N-ethyl adjacent to an activating group) is 1. The lowest BCUT2D eigenvalue weighted by Gasteiger charge is -2.41. The summed E-state index contributed by atoms with van der Waals surface area (Å²) in [6, 6.07) is 8.15. The minimum absolute atomic E-state index is 0.146. The molecule has 3 rings (SSSR count). The Morgan fingerprint density at radius 1 is 1.00 bits per heavy atom. The van der Waals surface area contributed by atoms with Gasteiger partial charge in [0.15, 0.2) is 0 Å². The number of anilines is 1. The maximum Gasteiger partial charge on any atom is 0.332 e. The number of hydrogen-bond acceptors (Lipinski definition) is 6. The molecule has 2 aromatic rings. The lowest BCUT2D eigenvalue weighted by molar-refractivity contribution is -0.130. The molecule has 9 nitrogen and oxygen atoms in total. The molecule has 9 heteroatoms. The second kappa shape index (κ2) is 9.46. The summed E-state index contributed by atoms with van der Waals surface area (Å²) < 4.78 is 5.17. The van der Waals surface area contributed by atoms with Crippen LogP contribution in [0.2, 0.25) is 0 Å². The highest BCUT2D eigenvalue weighted by molar-refractivity contribution is 6.10. The van der Waals surface area contributed by atoms with Gasteiger partial charge in [0, 0.05) is 29.4 Å². The smallest absolute Gasteiger partial charge is 0.332 e. The summed E-state index contributed by atoms with van der Waals surface area (Å²) in [6.07, 6.45) is -1.14. The number of hydrogen-bond donors (Lipinski definition) is 3. The number of carbonyl (C=O) groups excluding carboxylic acids is 3. The van der Waals surface area contributed by atoms with Crippen molar-refractivity contribution in [2.75, 3.05) is 19.1 Å². The zero-order valence-corrected chi connectivity index (χ0v) is 22.2. The van der Waals surface area contributed by atoms with Crippen LogP contribution in [-0.2, 0) is 15.6 Å². The number of aromatic hydroxyl groups is 1. The molecule has 1 heterocycles. The number of amides is 4. The van der Waals surface area contributed by atoms with Crippen LogP contribution >= 0.6 is 0 Å². The molecular weight excluding hydrogens is 460 g/mol. The Balaban J connectivity index is 2.00. The maximum absolute atomic E-state index is 13.4. The zero-order chi connectivity index (χ0) is 27.2. The molecule has 4 N–H and O–H groups in total. The van der Waals surface area contributed by atoms with Gasteiger partial charge in [0.05, 0.1) is 7.11 Å². The number of ether oxygens (including phenoxy) is 1. The topological polar surface area (TPSA) is 125 Å². The number of urea groups is 1. The monoisotopic (exact) mass is 496 g/mol. The van der Waals surface area contributed by atoms with Crippen LogP contribution in [0.15, 0.2) is 36.4 Å². The van der Waals surface area contributed by atoms with Crippen molar-refractivity contribution in [3.63, 3.8) is 0 Å². The SMILES string of the molecule is COc1ccc(N2C(=O)N(C)C(=O)C(NC(=O)c3cc(C(C)(C)C)c(O)c(C(C)(C)C)c3)C2N)cc1. The molecule has 0 saturated carbocycles. The van der Waals surface area contributed by atoms with Crippen molar-refractivity contribution in [2.24, 2.45) is 5.73 Å². The predicted octanol–water partition coefficient (Wildman–Crippen LogP) is 3.48. The van der Waals surface area contributed by atoms with Crippen molar-refractivity contribution in [3.05, 3.63) is 53.1 Å². The van der Waals surface area contributed by atoms with Crippen LogP contribution in [0.5, 0.6) is 11.5 Å². The van der Waals surface area contributed by atoms with E-state index in [1.54, 1.807) is 36.4 Å². The van der Waals surface area contributed by atoms with Gasteiger partial charge in [-0.3, -0.25) is 19.4 Å². The summed E-state index contributed by atoms with van der Waals surface area (Å²) in [6.45, 7) is 11.7. The first-order valence-corrected chi connectivity index (χ1v) is 11.8. The quantitative estimate of drug-likeness (QED) is 0.595. The highest BCUT2D eigenvalue weighted by Gasteiger charge is 2.45. The Morgan fingerprint density at radius 3 is 1.94 bits per heavy atom. The van der Waals surface area contributed by atoms with Crippen LogP contribution in [0.1, 0.15) is 63.0 Å². The van der Waals surface area contributed by atoms with Crippen molar-refractivity contribution in [1.29, 1.82) is 0 Å². The van der Waals surface area contributed by atoms with Gasteiger partial charge in [-0.2, -0.15) is 0 Å². The fraction of sp³-hybridized carbons (Fsp3) is 0.444. The first-order valence-electron chi connectivity index (χ1n) is 11.8. The molecule has 194 valence electrons. The Hall–Kier alpha value is -3.59. The van der Waals surface area contributed by atoms with Gasteiger partial charge < -0.3 is 20.9 Å². The highest BCUT2D eigenvalue weighted by atomic mass is 16.5. The van der Waals surface area contributed by atoms with Crippen LogP contribution in [0.4, 0.5) is 10.5 Å². The molecule has 0 bridgehead atoms. The largest absolute Gasteiger partial charge is 0.507 e. The van der Waals surface area contributed by atoms with Gasteiger partial charge in [-0.25, -0.2) is 4.79 Å². The third kappa shape index (κ3) is 5.02. The molecular formula is C27H36N4O5. The van der Waals surface area contributed by atoms with E-state index in [-0.39, 0.29) is 5.75 Å². The molecule has 0 spiro atoms. The molecule has 1 fully saturated rings. The van der Waals surface area contributed by atoms with Crippen molar-refractivity contribution in [1.82, 2.24) is 10.2 Å². The number of nitrogens with zero attached hydrogens (tertiary/aromatic N) is 2. The molecule has 0 aliphatic carbocycles. The number of nitrogens with one attached hydrogen (secondary N) is 1. The molecule has 2 aromatic carbocycles. The lowest BCUT2D eigenvalue weighted by Crippen LogP contribution is -2.71. The number of rotatable bonds is 4. The lowest BCUT2D eigenvalue weighted by atomic mass is 9.78. The Labute approximate surface area is 212 Å². The molecule has 2 unspecified atom stereocenters. The summed E-state index contributed by atoms with van der Waals surface area (Å²) in [5.74, 6) is -0.399. The van der Waals surface area contributed by atoms with Crippen LogP contribution < -0.4 is 20.7 Å². The van der Waals surface area contributed by atoms with Gasteiger partial charge in [0.2, 0.25) is 0 Å². The van der Waals surface area contributed by atoms with E-state index in [1.165, 1.54) is 19.1 Å². The zero-order valence-electron chi connectivity index (χ0n) is 22.2. The first kappa shape index (κ1) is 27.0. The highest BCUT2D eigenvalue weighted by Crippen LogP contribution is 2.40. The van der Waals surface area contributed by atoms with Crippen molar-refractivity contribution < 1.29 is 24.2 Å². The van der Waals surface area contributed by atoms with Gasteiger partial charge >= 0.3 is 6.03 Å². The number of methoxy groups -OCH3 is 1. The van der Waals surface area contributed by atoms with E-state index in [2.05, 4.69) is 5.32 Å². The Bertz CT molecular complexity index is 1140. The Morgan fingerprint density at radius 2 is 1.50 bits per heavy atom. The second-order valence-electron chi connectivity index (χ2n) is 11.1. The minimum Gasteiger partial charge on any atom is -0.507 e. The van der Waals surface area contributed by atoms with Crippen LogP contribution in [0, 0.1) is 0 Å². The summed E-state index contributed by atoms with van der Waals surface area (Å²) in [5.41, 5.74) is 7.50. The van der Waals surface area contributed by atoms with E-state index >= 15 is 0 Å². The summed E-state index contributed by atoms with van der Waals surface area (Å²) in [7, 11) is 2.88. The third-order valence-corrected chi connectivity index (χ3v) is 6.35. The Kier molecular flexibility index (Phi) is 7.10. The van der Waals surface area contributed by atoms with E-state index in [0.717, 1.165) is 4.90 Å². The van der Waals surface area contributed by atoms with Gasteiger partial charge in [-0.1, -0.05) is 41.5 Å². The van der Waals surface area contributed by atoms with Gasteiger partial charge in [0.25, 0.3) is 11.8 Å². The number of phenolic OH excluding ortho intramolecular Hbond substituents is 1. The number of carbonyl (C=O) groups is 3. The van der Waals surface area contributed by atoms with E-state index < -0.39 is 40.9 Å². The van der Waals surface area contributed by atoms with Crippen molar-refractivity contribution in [3.8, 4) is 11.5 Å². The summed E-state index contributed by atoms with van der Waals surface area (Å²) in [5, 5.41) is 13.7. The molecule has 1 saturated heterocycles. The van der Waals surface area contributed by atoms with Crippen LogP contribution in [0.25, 0.3) is 0 Å². The van der Waals surface area contributed by atoms with E-state index in [1.807, 2.05) is 41.5 Å². The number of benzene rings is 2. The van der Waals surface area contributed by atoms with Gasteiger partial charge in [-0.15, -0.1) is 0 Å². The molecule has 36 heavy (non-hydrogen) atoms. The standard InChI is InChI=1S/C27H36N4O5/c1-26(2,3)18-13-15(14-19(21(18)32)27(4,5)6)23(33)29-20-22(28)31(25(35)30(7)24(20)34)16-9-11-17(36-8)12-10-16/h9-14,20,22,32H,28H2,1-8H3,(H,29,33). The maximum atomic E-state index is 13.4. The average molecular weight is 497 g/mol. The van der Waals surface area contributed by atoms with Gasteiger partial charge in [-0.05, 0) is 47.2 Å². The molecule has 1 aliphatic rings. The third-order valence-electron chi connectivity index (χ3n) is 6.35. The van der Waals surface area contributed by atoms with Crippen LogP contribution in [-0.4, -0.2) is 54.2 Å². The van der Waals surface area contributed by atoms with Crippen molar-refractivity contribution in [2.45, 2.75) is 64.6 Å². The number of imide groups is 1. The predicted molar refractivity (Wildman–Crippen MR) is 138 cm³/mol. The molecule has 1 aliphatic heterocycles. The van der Waals surface area contributed by atoms with Crippen LogP contribution in [0.3, 0.4) is 0 Å². The normalized spacial score (nSPS) is 18.9. The summed E-state index contributed by atoms with van der Waals surface area (Å²) >= 11 is 0. The number of nitrogens with two attached hydrogens (primary N) is 1. The molecule has 0 radical (unpaired) electrons. The second-order valence-corrected chi connectivity index (χ2v) is 11.1. The van der Waals surface area contributed by atoms with Crippen molar-refractivity contribution >= 4 is 23.5 Å². The molecule has 2 atom stereocenters. The number of phenols is 1. The fourth-order valence-corrected chi connectivity index (χ4v) is 4.19. The fourth-order valence-electron chi connectivity index (χ4n) is 4.19. The minimum atomic E-state index is -1.19. The summed E-state index contributed by atoms with van der Waals surface area (Å²) in [4.78, 5) is 41.6. The first-order chi connectivity index (χ1) is 16.6. The van der Waals surface area contributed by atoms with E-state index in [9.17, 15) is 19.5 Å². The van der Waals surface area contributed by atoms with E-state index in [0.29, 0.717) is 28.1 Å². The molecule has 4 amide bonds. The average Bonchev–Trinajstić information content (AvgIpc) is 2.79. The molecule has 0 aromatic heterocycles.